The Balaban J connectivity index is 1.28. The maximum absolute atomic E-state index is 12.4. The normalized spacial score (nSPS) is 36.0. The van der Waals surface area contributed by atoms with Gasteiger partial charge in [-0.05, 0) is 85.5 Å². The monoisotopic (exact) mass is 410 g/mol. The minimum Gasteiger partial charge on any atom is -0.434 e. The Labute approximate surface area is 179 Å². The van der Waals surface area contributed by atoms with E-state index in [9.17, 15) is 9.59 Å². The van der Waals surface area contributed by atoms with Crippen LogP contribution in [0.3, 0.4) is 0 Å². The summed E-state index contributed by atoms with van der Waals surface area (Å²) < 4.78 is 11.4. The van der Waals surface area contributed by atoms with Crippen LogP contribution in [0.25, 0.3) is 0 Å². The zero-order valence-electron chi connectivity index (χ0n) is 18.2. The molecule has 5 rings (SSSR count). The van der Waals surface area contributed by atoms with E-state index in [1.54, 1.807) is 0 Å². The third kappa shape index (κ3) is 3.56. The van der Waals surface area contributed by atoms with Gasteiger partial charge in [-0.15, -0.1) is 0 Å². The second-order valence-corrected chi connectivity index (χ2v) is 10.3. The van der Waals surface area contributed by atoms with Crippen LogP contribution in [0.4, 0.5) is 4.79 Å². The van der Waals surface area contributed by atoms with E-state index in [0.717, 1.165) is 32.1 Å². The molecular weight excluding hydrogens is 376 g/mol. The first-order valence-corrected chi connectivity index (χ1v) is 12.0. The van der Waals surface area contributed by atoms with Crippen molar-refractivity contribution in [2.45, 2.75) is 83.7 Å². The van der Waals surface area contributed by atoms with Crippen LogP contribution >= 0.6 is 0 Å². The van der Waals surface area contributed by atoms with Crippen molar-refractivity contribution in [3.63, 3.8) is 0 Å². The van der Waals surface area contributed by atoms with Crippen LogP contribution in [0.2, 0.25) is 0 Å². The lowest BCUT2D eigenvalue weighted by Gasteiger charge is -2.45. The van der Waals surface area contributed by atoms with E-state index in [2.05, 4.69) is 19.1 Å². The lowest BCUT2D eigenvalue weighted by molar-refractivity contribution is -0.114. The number of hydrogen-bond acceptors (Lipinski definition) is 4. The number of rotatable bonds is 3. The van der Waals surface area contributed by atoms with Gasteiger partial charge in [0, 0.05) is 11.8 Å². The molecule has 0 bridgehead atoms. The number of ketones is 1. The second kappa shape index (κ2) is 8.01. The molecule has 0 aromatic heterocycles. The third-order valence-electron chi connectivity index (χ3n) is 8.56. The first-order valence-electron chi connectivity index (χ1n) is 12.0. The maximum atomic E-state index is 12.4. The molecule has 0 aromatic carbocycles. The van der Waals surface area contributed by atoms with E-state index < -0.39 is 6.16 Å². The molecule has 162 valence electrons. The summed E-state index contributed by atoms with van der Waals surface area (Å²) in [5.41, 5.74) is 4.01. The van der Waals surface area contributed by atoms with Crippen molar-refractivity contribution in [2.75, 3.05) is 6.61 Å². The SMILES string of the molecule is C[C@]12C=CC3=C4CCC(=O)C=C4CC[C@H]3[C@@H]1CCC2OC(=O)OCC1CCCCC1. The summed E-state index contributed by atoms with van der Waals surface area (Å²) in [6.07, 6.45) is 17.6. The third-order valence-corrected chi connectivity index (χ3v) is 8.56. The molecule has 0 aromatic rings. The van der Waals surface area contributed by atoms with Crippen molar-refractivity contribution >= 4 is 11.9 Å². The van der Waals surface area contributed by atoms with E-state index in [-0.39, 0.29) is 17.3 Å². The summed E-state index contributed by atoms with van der Waals surface area (Å²) in [7, 11) is 0. The molecule has 0 amide bonds. The largest absolute Gasteiger partial charge is 0.508 e. The topological polar surface area (TPSA) is 52.6 Å². The van der Waals surface area contributed by atoms with Crippen LogP contribution in [-0.4, -0.2) is 24.6 Å². The van der Waals surface area contributed by atoms with E-state index in [4.69, 9.17) is 9.47 Å². The smallest absolute Gasteiger partial charge is 0.434 e. The molecule has 5 aliphatic carbocycles. The van der Waals surface area contributed by atoms with Crippen molar-refractivity contribution in [2.24, 2.45) is 23.2 Å². The van der Waals surface area contributed by atoms with Gasteiger partial charge in [0.1, 0.15) is 6.10 Å². The minimum atomic E-state index is -0.482. The predicted octanol–water partition coefficient (Wildman–Crippen LogP) is 6.07. The average molecular weight is 411 g/mol. The van der Waals surface area contributed by atoms with Gasteiger partial charge >= 0.3 is 6.16 Å². The molecule has 30 heavy (non-hydrogen) atoms. The fourth-order valence-electron chi connectivity index (χ4n) is 6.85. The van der Waals surface area contributed by atoms with Crippen LogP contribution < -0.4 is 0 Å². The molecule has 4 atom stereocenters. The maximum Gasteiger partial charge on any atom is 0.508 e. The molecule has 2 fully saturated rings. The zero-order valence-corrected chi connectivity index (χ0v) is 18.2. The molecule has 0 N–H and O–H groups in total. The summed E-state index contributed by atoms with van der Waals surface area (Å²) >= 11 is 0. The van der Waals surface area contributed by atoms with Crippen LogP contribution in [-0.2, 0) is 14.3 Å². The minimum absolute atomic E-state index is 0.103. The molecule has 0 aliphatic heterocycles. The standard InChI is InChI=1S/C26H34O4/c1-26-14-13-21-20-10-8-19(27)15-18(20)7-9-22(21)23(26)11-12-24(26)30-25(28)29-16-17-5-3-2-4-6-17/h13-15,17,22-24H,2-12,16H2,1H3/t22-,23+,24?,26+/m1/s1. The van der Waals surface area contributed by atoms with Gasteiger partial charge in [0.25, 0.3) is 0 Å². The highest BCUT2D eigenvalue weighted by molar-refractivity contribution is 5.93. The van der Waals surface area contributed by atoms with Gasteiger partial charge in [-0.2, -0.15) is 0 Å². The molecule has 5 aliphatic rings. The van der Waals surface area contributed by atoms with E-state index >= 15 is 0 Å². The van der Waals surface area contributed by atoms with Crippen LogP contribution in [0, 0.1) is 23.2 Å². The van der Waals surface area contributed by atoms with E-state index in [1.165, 1.54) is 48.8 Å². The van der Waals surface area contributed by atoms with Crippen molar-refractivity contribution in [3.8, 4) is 0 Å². The molecule has 2 saturated carbocycles. The van der Waals surface area contributed by atoms with Crippen LogP contribution in [0.15, 0.2) is 34.9 Å². The molecule has 4 heteroatoms. The van der Waals surface area contributed by atoms with Gasteiger partial charge in [-0.25, -0.2) is 4.79 Å². The van der Waals surface area contributed by atoms with Gasteiger partial charge < -0.3 is 9.47 Å². The lowest BCUT2D eigenvalue weighted by Crippen LogP contribution is -2.41. The van der Waals surface area contributed by atoms with Crippen molar-refractivity contribution < 1.29 is 19.1 Å². The zero-order chi connectivity index (χ0) is 20.7. The second-order valence-electron chi connectivity index (χ2n) is 10.3. The highest BCUT2D eigenvalue weighted by Gasteiger charge is 2.53. The average Bonchev–Trinajstić information content (AvgIpc) is 3.09. The Morgan fingerprint density at radius 2 is 1.90 bits per heavy atom. The first kappa shape index (κ1) is 20.1. The highest BCUT2D eigenvalue weighted by Crippen LogP contribution is 2.58. The summed E-state index contributed by atoms with van der Waals surface area (Å²) in [4.78, 5) is 24.3. The molecule has 0 heterocycles. The van der Waals surface area contributed by atoms with Gasteiger partial charge in [0.05, 0.1) is 6.61 Å². The van der Waals surface area contributed by atoms with Gasteiger partial charge in [0.15, 0.2) is 5.78 Å². The fraction of sp³-hybridized carbons (Fsp3) is 0.692. The molecule has 0 radical (unpaired) electrons. The number of ether oxygens (including phenoxy) is 2. The molecule has 0 spiro atoms. The Morgan fingerprint density at radius 3 is 2.73 bits per heavy atom. The number of allylic oxidation sites excluding steroid dienone is 5. The van der Waals surface area contributed by atoms with Crippen molar-refractivity contribution in [1.29, 1.82) is 0 Å². The van der Waals surface area contributed by atoms with Crippen LogP contribution in [0.1, 0.15) is 77.6 Å². The number of carbonyl (C=O) groups is 2. The van der Waals surface area contributed by atoms with E-state index in [0.29, 0.717) is 30.8 Å². The first-order chi connectivity index (χ1) is 14.5. The Bertz CT molecular complexity index is 813. The van der Waals surface area contributed by atoms with Gasteiger partial charge in [-0.1, -0.05) is 38.3 Å². The molecule has 4 nitrogen and oxygen atoms in total. The van der Waals surface area contributed by atoms with Gasteiger partial charge in [0.2, 0.25) is 0 Å². The Kier molecular flexibility index (Phi) is 5.37. The van der Waals surface area contributed by atoms with Crippen LogP contribution in [0.5, 0.6) is 0 Å². The molecule has 1 unspecified atom stereocenters. The number of hydrogen-bond donors (Lipinski definition) is 0. The highest BCUT2D eigenvalue weighted by atomic mass is 16.7. The summed E-state index contributed by atoms with van der Waals surface area (Å²) in [6.45, 7) is 2.77. The number of carbonyl (C=O) groups excluding carboxylic acids is 2. The lowest BCUT2D eigenvalue weighted by atomic mass is 9.60. The molecule has 0 saturated heterocycles. The van der Waals surface area contributed by atoms with Crippen molar-refractivity contribution in [1.82, 2.24) is 0 Å². The van der Waals surface area contributed by atoms with E-state index in [1.807, 2.05) is 6.08 Å². The summed E-state index contributed by atoms with van der Waals surface area (Å²) in [6, 6.07) is 0. The van der Waals surface area contributed by atoms with Gasteiger partial charge in [-0.3, -0.25) is 4.79 Å². The summed E-state index contributed by atoms with van der Waals surface area (Å²) in [5.74, 6) is 1.81. The summed E-state index contributed by atoms with van der Waals surface area (Å²) in [5, 5.41) is 0. The Morgan fingerprint density at radius 1 is 1.07 bits per heavy atom. The number of fused-ring (bicyclic) bond motifs is 4. The van der Waals surface area contributed by atoms with Crippen molar-refractivity contribution in [3.05, 3.63) is 34.9 Å². The predicted molar refractivity (Wildman–Crippen MR) is 115 cm³/mol. The Hall–Kier alpha value is -1.84. The molecular formula is C26H34O4. The fourth-order valence-corrected chi connectivity index (χ4v) is 6.85. The quantitative estimate of drug-likeness (QED) is 0.530.